The van der Waals surface area contributed by atoms with E-state index in [2.05, 4.69) is 37.6 Å². The Balaban J connectivity index is 1.75. The molecule has 0 fully saturated rings. The highest BCUT2D eigenvalue weighted by atomic mass is 79.9. The Hall–Kier alpha value is -3.17. The van der Waals surface area contributed by atoms with Crippen LogP contribution >= 0.6 is 15.9 Å². The number of amides is 1. The smallest absolute Gasteiger partial charge is 0.257 e. The number of carbonyl (C=O) groups is 1. The molecule has 122 valence electrons. The molecule has 2 aromatic carbocycles. The third-order valence-electron chi connectivity index (χ3n) is 3.38. The maximum atomic E-state index is 12.4. The van der Waals surface area contributed by atoms with Crippen molar-refractivity contribution in [1.82, 2.24) is 4.98 Å². The first kappa shape index (κ1) is 16.7. The van der Waals surface area contributed by atoms with Crippen LogP contribution < -0.4 is 10.6 Å². The van der Waals surface area contributed by atoms with Crippen LogP contribution in [-0.4, -0.2) is 10.9 Å². The van der Waals surface area contributed by atoms with Gasteiger partial charge in [-0.1, -0.05) is 22.0 Å². The van der Waals surface area contributed by atoms with Crippen molar-refractivity contribution in [3.63, 3.8) is 0 Å². The van der Waals surface area contributed by atoms with Crippen LogP contribution in [0.2, 0.25) is 0 Å². The molecule has 0 aliphatic heterocycles. The molecule has 25 heavy (non-hydrogen) atoms. The molecule has 0 radical (unpaired) electrons. The predicted molar refractivity (Wildman–Crippen MR) is 101 cm³/mol. The van der Waals surface area contributed by atoms with Gasteiger partial charge in [0.05, 0.1) is 29.1 Å². The SMILES string of the molecule is N#Cc1cccc(Nc2cncc(C(=O)Nc3ccc(Br)cc3)c2)c1. The first-order chi connectivity index (χ1) is 12.1. The summed E-state index contributed by atoms with van der Waals surface area (Å²) in [5.74, 6) is -0.246. The quantitative estimate of drug-likeness (QED) is 0.673. The Morgan fingerprint density at radius 1 is 1.00 bits per heavy atom. The van der Waals surface area contributed by atoms with E-state index < -0.39 is 0 Å². The number of hydrogen-bond donors (Lipinski definition) is 2. The Bertz CT molecular complexity index is 948. The summed E-state index contributed by atoms with van der Waals surface area (Å²) in [7, 11) is 0. The number of hydrogen-bond acceptors (Lipinski definition) is 4. The summed E-state index contributed by atoms with van der Waals surface area (Å²) in [6.45, 7) is 0. The lowest BCUT2D eigenvalue weighted by Gasteiger charge is -2.09. The second-order valence-electron chi connectivity index (χ2n) is 5.24. The lowest BCUT2D eigenvalue weighted by Crippen LogP contribution is -2.12. The minimum Gasteiger partial charge on any atom is -0.354 e. The Morgan fingerprint density at radius 3 is 2.56 bits per heavy atom. The lowest BCUT2D eigenvalue weighted by molar-refractivity contribution is 0.102. The number of nitrogens with one attached hydrogen (secondary N) is 2. The highest BCUT2D eigenvalue weighted by Gasteiger charge is 2.08. The van der Waals surface area contributed by atoms with Crippen LogP contribution in [0.25, 0.3) is 0 Å². The van der Waals surface area contributed by atoms with Gasteiger partial charge in [-0.3, -0.25) is 9.78 Å². The van der Waals surface area contributed by atoms with Gasteiger partial charge in [0.15, 0.2) is 0 Å². The van der Waals surface area contributed by atoms with Crippen molar-refractivity contribution < 1.29 is 4.79 Å². The number of carbonyl (C=O) groups excluding carboxylic acids is 1. The molecule has 1 aromatic heterocycles. The van der Waals surface area contributed by atoms with Crippen molar-refractivity contribution in [3.05, 3.63) is 82.6 Å². The molecule has 0 atom stereocenters. The Morgan fingerprint density at radius 2 is 1.80 bits per heavy atom. The largest absolute Gasteiger partial charge is 0.354 e. The monoisotopic (exact) mass is 392 g/mol. The number of nitrogens with zero attached hydrogens (tertiary/aromatic N) is 2. The van der Waals surface area contributed by atoms with Gasteiger partial charge in [0.1, 0.15) is 0 Å². The van der Waals surface area contributed by atoms with E-state index in [-0.39, 0.29) is 5.91 Å². The van der Waals surface area contributed by atoms with Crippen LogP contribution in [0.4, 0.5) is 17.1 Å². The van der Waals surface area contributed by atoms with Crippen molar-refractivity contribution in [1.29, 1.82) is 5.26 Å². The van der Waals surface area contributed by atoms with Gasteiger partial charge in [-0.2, -0.15) is 5.26 Å². The number of anilines is 3. The topological polar surface area (TPSA) is 77.8 Å². The van der Waals surface area contributed by atoms with E-state index in [0.717, 1.165) is 10.2 Å². The molecule has 0 aliphatic rings. The van der Waals surface area contributed by atoms with Crippen molar-refractivity contribution in [2.24, 2.45) is 0 Å². The summed E-state index contributed by atoms with van der Waals surface area (Å²) in [6, 6.07) is 18.2. The van der Waals surface area contributed by atoms with Crippen molar-refractivity contribution in [2.45, 2.75) is 0 Å². The molecular formula is C19H13BrN4O. The molecule has 0 bridgehead atoms. The summed E-state index contributed by atoms with van der Waals surface area (Å²) in [4.78, 5) is 16.5. The van der Waals surface area contributed by atoms with E-state index in [4.69, 9.17) is 5.26 Å². The normalized spacial score (nSPS) is 9.92. The molecule has 6 heteroatoms. The van der Waals surface area contributed by atoms with Gasteiger partial charge in [-0.05, 0) is 48.5 Å². The fraction of sp³-hybridized carbons (Fsp3) is 0. The zero-order chi connectivity index (χ0) is 17.6. The number of pyridine rings is 1. The Labute approximate surface area is 153 Å². The van der Waals surface area contributed by atoms with Gasteiger partial charge in [0.2, 0.25) is 0 Å². The number of benzene rings is 2. The molecule has 0 unspecified atom stereocenters. The van der Waals surface area contributed by atoms with Crippen LogP contribution in [-0.2, 0) is 0 Å². The second-order valence-corrected chi connectivity index (χ2v) is 6.16. The molecular weight excluding hydrogens is 380 g/mol. The third kappa shape index (κ3) is 4.43. The highest BCUT2D eigenvalue weighted by molar-refractivity contribution is 9.10. The number of rotatable bonds is 4. The molecule has 0 aliphatic carbocycles. The van der Waals surface area contributed by atoms with E-state index in [9.17, 15) is 4.79 Å². The molecule has 2 N–H and O–H groups in total. The minimum absolute atomic E-state index is 0.246. The first-order valence-corrected chi connectivity index (χ1v) is 8.22. The van der Waals surface area contributed by atoms with Gasteiger partial charge in [-0.25, -0.2) is 0 Å². The molecule has 1 amide bonds. The summed E-state index contributed by atoms with van der Waals surface area (Å²) < 4.78 is 0.943. The van der Waals surface area contributed by atoms with Gasteiger partial charge in [-0.15, -0.1) is 0 Å². The molecule has 3 rings (SSSR count). The molecule has 0 saturated carbocycles. The fourth-order valence-electron chi connectivity index (χ4n) is 2.20. The van der Waals surface area contributed by atoms with Crippen molar-refractivity contribution >= 4 is 38.9 Å². The molecule has 0 spiro atoms. The second kappa shape index (κ2) is 7.60. The van der Waals surface area contributed by atoms with Gasteiger partial charge < -0.3 is 10.6 Å². The number of nitriles is 1. The molecule has 5 nitrogen and oxygen atoms in total. The van der Waals surface area contributed by atoms with Gasteiger partial charge >= 0.3 is 0 Å². The number of aromatic nitrogens is 1. The van der Waals surface area contributed by atoms with Crippen LogP contribution in [0.5, 0.6) is 0 Å². The highest BCUT2D eigenvalue weighted by Crippen LogP contribution is 2.19. The van der Waals surface area contributed by atoms with E-state index in [0.29, 0.717) is 22.5 Å². The van der Waals surface area contributed by atoms with E-state index >= 15 is 0 Å². The standard InChI is InChI=1S/C19H13BrN4O/c20-15-4-6-16(7-5-15)24-19(25)14-9-18(12-22-11-14)23-17-3-1-2-13(8-17)10-21/h1-9,11-12,23H,(H,24,25). The minimum atomic E-state index is -0.246. The average Bonchev–Trinajstić information content (AvgIpc) is 2.64. The predicted octanol–water partition coefficient (Wildman–Crippen LogP) is 4.71. The van der Waals surface area contributed by atoms with E-state index in [1.54, 1.807) is 30.5 Å². The summed E-state index contributed by atoms with van der Waals surface area (Å²) >= 11 is 3.36. The Kier molecular flexibility index (Phi) is 5.07. The summed E-state index contributed by atoms with van der Waals surface area (Å²) in [6.07, 6.45) is 3.13. The maximum absolute atomic E-state index is 12.4. The van der Waals surface area contributed by atoms with Crippen molar-refractivity contribution in [3.8, 4) is 6.07 Å². The molecule has 1 heterocycles. The third-order valence-corrected chi connectivity index (χ3v) is 3.91. The summed E-state index contributed by atoms with van der Waals surface area (Å²) in [5.41, 5.74) is 3.12. The van der Waals surface area contributed by atoms with Crippen molar-refractivity contribution in [2.75, 3.05) is 10.6 Å². The zero-order valence-corrected chi connectivity index (χ0v) is 14.6. The van der Waals surface area contributed by atoms with Crippen LogP contribution in [0.15, 0.2) is 71.5 Å². The average molecular weight is 393 g/mol. The first-order valence-electron chi connectivity index (χ1n) is 7.43. The van der Waals surface area contributed by atoms with Gasteiger partial charge in [0.25, 0.3) is 5.91 Å². The number of halogens is 1. The van der Waals surface area contributed by atoms with Crippen LogP contribution in [0, 0.1) is 11.3 Å². The van der Waals surface area contributed by atoms with E-state index in [1.807, 2.05) is 30.3 Å². The maximum Gasteiger partial charge on any atom is 0.257 e. The molecule has 0 saturated heterocycles. The fourth-order valence-corrected chi connectivity index (χ4v) is 2.47. The zero-order valence-electron chi connectivity index (χ0n) is 13.0. The van der Waals surface area contributed by atoms with Crippen LogP contribution in [0.3, 0.4) is 0 Å². The van der Waals surface area contributed by atoms with Gasteiger partial charge in [0, 0.05) is 22.0 Å². The lowest BCUT2D eigenvalue weighted by atomic mass is 10.2. The van der Waals surface area contributed by atoms with E-state index in [1.165, 1.54) is 6.20 Å². The van der Waals surface area contributed by atoms with Crippen LogP contribution in [0.1, 0.15) is 15.9 Å². The summed E-state index contributed by atoms with van der Waals surface area (Å²) in [5, 5.41) is 14.9. The molecule has 3 aromatic rings.